The Bertz CT molecular complexity index is 436. The van der Waals surface area contributed by atoms with Gasteiger partial charge in [-0.3, -0.25) is 4.79 Å². The number of aryl methyl sites for hydroxylation is 1. The number of ether oxygens (including phenoxy) is 1. The molecule has 0 saturated carbocycles. The summed E-state index contributed by atoms with van der Waals surface area (Å²) in [4.78, 5) is 12.0. The highest BCUT2D eigenvalue weighted by Crippen LogP contribution is 2.20. The lowest BCUT2D eigenvalue weighted by Gasteiger charge is -2.22. The molecule has 1 heterocycles. The summed E-state index contributed by atoms with van der Waals surface area (Å²) in [5, 5.41) is 0.697. The average Bonchev–Trinajstić information content (AvgIpc) is 2.41. The zero-order valence-electron chi connectivity index (χ0n) is 11.5. The topological polar surface area (TPSA) is 26.3 Å². The molecule has 1 unspecified atom stereocenters. The van der Waals surface area contributed by atoms with Gasteiger partial charge in [-0.2, -0.15) is 0 Å². The standard InChI is InChI=1S/C16H21ClO2/c1-12-5-6-13(16(17)10-12)11-14(18)7-8-15-4-2-3-9-19-15/h5-6,10,15H,2-4,7-9,11H2,1H3. The van der Waals surface area contributed by atoms with E-state index < -0.39 is 0 Å². The van der Waals surface area contributed by atoms with E-state index in [9.17, 15) is 4.79 Å². The predicted molar refractivity (Wildman–Crippen MR) is 77.7 cm³/mol. The average molecular weight is 281 g/mol. The predicted octanol–water partition coefficient (Wildman–Crippen LogP) is 4.11. The highest BCUT2D eigenvalue weighted by atomic mass is 35.5. The highest BCUT2D eigenvalue weighted by Gasteiger charge is 2.15. The number of benzene rings is 1. The van der Waals surface area contributed by atoms with Gasteiger partial charge < -0.3 is 4.74 Å². The summed E-state index contributed by atoms with van der Waals surface area (Å²) in [6.45, 7) is 2.85. The first kappa shape index (κ1) is 14.5. The van der Waals surface area contributed by atoms with Gasteiger partial charge >= 0.3 is 0 Å². The van der Waals surface area contributed by atoms with E-state index in [0.29, 0.717) is 17.9 Å². The Labute approximate surface area is 120 Å². The summed E-state index contributed by atoms with van der Waals surface area (Å²) < 4.78 is 5.64. The van der Waals surface area contributed by atoms with Gasteiger partial charge in [-0.25, -0.2) is 0 Å². The molecule has 0 amide bonds. The number of hydrogen-bond acceptors (Lipinski definition) is 2. The maximum absolute atomic E-state index is 12.0. The number of carbonyl (C=O) groups excluding carboxylic acids is 1. The Morgan fingerprint density at radius 2 is 2.26 bits per heavy atom. The van der Waals surface area contributed by atoms with Crippen LogP contribution in [0.2, 0.25) is 5.02 Å². The number of carbonyl (C=O) groups is 1. The summed E-state index contributed by atoms with van der Waals surface area (Å²) in [6, 6.07) is 5.86. The van der Waals surface area contributed by atoms with Crippen molar-refractivity contribution in [2.24, 2.45) is 0 Å². The third-order valence-electron chi connectivity index (χ3n) is 3.62. The molecule has 0 radical (unpaired) electrons. The molecule has 1 aliphatic rings. The lowest BCUT2D eigenvalue weighted by Crippen LogP contribution is -2.20. The summed E-state index contributed by atoms with van der Waals surface area (Å²) >= 11 is 6.15. The van der Waals surface area contributed by atoms with E-state index in [4.69, 9.17) is 16.3 Å². The molecule has 1 saturated heterocycles. The molecule has 3 heteroatoms. The zero-order valence-corrected chi connectivity index (χ0v) is 12.2. The number of halogens is 1. The van der Waals surface area contributed by atoms with Gasteiger partial charge in [0.2, 0.25) is 0 Å². The van der Waals surface area contributed by atoms with Crippen LogP contribution in [0, 0.1) is 6.92 Å². The second kappa shape index (κ2) is 7.06. The molecule has 0 bridgehead atoms. The molecule has 1 aromatic rings. The normalized spacial score (nSPS) is 19.4. The van der Waals surface area contributed by atoms with Crippen LogP contribution in [0.5, 0.6) is 0 Å². The van der Waals surface area contributed by atoms with Crippen LogP contribution >= 0.6 is 11.6 Å². The molecule has 2 nitrogen and oxygen atoms in total. The second-order valence-corrected chi connectivity index (χ2v) is 5.74. The van der Waals surface area contributed by atoms with Crippen LogP contribution < -0.4 is 0 Å². The van der Waals surface area contributed by atoms with Crippen molar-refractivity contribution in [3.05, 3.63) is 34.3 Å². The summed E-state index contributed by atoms with van der Waals surface area (Å²) in [5.74, 6) is 0.250. The Balaban J connectivity index is 1.80. The van der Waals surface area contributed by atoms with Gasteiger partial charge in [0.15, 0.2) is 0 Å². The van der Waals surface area contributed by atoms with Crippen molar-refractivity contribution in [2.75, 3.05) is 6.61 Å². The lowest BCUT2D eigenvalue weighted by atomic mass is 10.00. The van der Waals surface area contributed by atoms with Crippen molar-refractivity contribution < 1.29 is 9.53 Å². The van der Waals surface area contributed by atoms with Gasteiger partial charge in [-0.1, -0.05) is 23.7 Å². The third kappa shape index (κ3) is 4.63. The minimum atomic E-state index is 0.250. The van der Waals surface area contributed by atoms with Crippen LogP contribution in [0.4, 0.5) is 0 Å². The molecule has 0 N–H and O–H groups in total. The fraction of sp³-hybridized carbons (Fsp3) is 0.562. The van der Waals surface area contributed by atoms with Crippen molar-refractivity contribution in [1.29, 1.82) is 0 Å². The molecule has 1 fully saturated rings. The van der Waals surface area contributed by atoms with Crippen LogP contribution in [0.3, 0.4) is 0 Å². The van der Waals surface area contributed by atoms with Crippen LogP contribution in [0.15, 0.2) is 18.2 Å². The fourth-order valence-electron chi connectivity index (χ4n) is 2.45. The van der Waals surface area contributed by atoms with Crippen molar-refractivity contribution >= 4 is 17.4 Å². The van der Waals surface area contributed by atoms with E-state index in [0.717, 1.165) is 37.0 Å². The van der Waals surface area contributed by atoms with E-state index in [-0.39, 0.29) is 11.9 Å². The van der Waals surface area contributed by atoms with Crippen LogP contribution in [0.1, 0.15) is 43.2 Å². The van der Waals surface area contributed by atoms with Crippen molar-refractivity contribution in [3.63, 3.8) is 0 Å². The summed E-state index contributed by atoms with van der Waals surface area (Å²) in [6.07, 6.45) is 5.64. The summed E-state index contributed by atoms with van der Waals surface area (Å²) in [7, 11) is 0. The van der Waals surface area contributed by atoms with Crippen molar-refractivity contribution in [3.8, 4) is 0 Å². The maximum Gasteiger partial charge on any atom is 0.137 e. The first-order valence-electron chi connectivity index (χ1n) is 7.03. The molecule has 104 valence electrons. The molecule has 1 aliphatic heterocycles. The molecule has 1 atom stereocenters. The maximum atomic E-state index is 12.0. The van der Waals surface area contributed by atoms with Crippen LogP contribution in [0.25, 0.3) is 0 Å². The number of rotatable bonds is 5. The zero-order chi connectivity index (χ0) is 13.7. The smallest absolute Gasteiger partial charge is 0.137 e. The van der Waals surface area contributed by atoms with Crippen molar-refractivity contribution in [1.82, 2.24) is 0 Å². The lowest BCUT2D eigenvalue weighted by molar-refractivity contribution is -0.119. The minimum Gasteiger partial charge on any atom is -0.378 e. The monoisotopic (exact) mass is 280 g/mol. The van der Waals surface area contributed by atoms with Gasteiger partial charge in [0.05, 0.1) is 6.10 Å². The Hall–Kier alpha value is -0.860. The first-order valence-corrected chi connectivity index (χ1v) is 7.41. The Morgan fingerprint density at radius 3 is 2.95 bits per heavy atom. The quantitative estimate of drug-likeness (QED) is 0.811. The van der Waals surface area contributed by atoms with E-state index in [1.54, 1.807) is 0 Å². The Morgan fingerprint density at radius 1 is 1.42 bits per heavy atom. The molecule has 0 spiro atoms. The van der Waals surface area contributed by atoms with E-state index >= 15 is 0 Å². The highest BCUT2D eigenvalue weighted by molar-refractivity contribution is 6.31. The molecule has 0 aliphatic carbocycles. The van der Waals surface area contributed by atoms with Gasteiger partial charge in [0.25, 0.3) is 0 Å². The van der Waals surface area contributed by atoms with Crippen LogP contribution in [-0.4, -0.2) is 18.5 Å². The van der Waals surface area contributed by atoms with Gasteiger partial charge in [0, 0.05) is 24.5 Å². The molecule has 19 heavy (non-hydrogen) atoms. The summed E-state index contributed by atoms with van der Waals surface area (Å²) in [5.41, 5.74) is 2.05. The number of Topliss-reactive ketones (excluding diaryl/α,β-unsaturated/α-hetero) is 1. The third-order valence-corrected chi connectivity index (χ3v) is 3.97. The number of ketones is 1. The second-order valence-electron chi connectivity index (χ2n) is 5.34. The minimum absolute atomic E-state index is 0.250. The molecule has 0 aromatic heterocycles. The first-order chi connectivity index (χ1) is 9.15. The number of hydrogen-bond donors (Lipinski definition) is 0. The molecular weight excluding hydrogens is 260 g/mol. The van der Waals surface area contributed by atoms with E-state index in [1.807, 2.05) is 25.1 Å². The van der Waals surface area contributed by atoms with Gasteiger partial charge in [-0.15, -0.1) is 0 Å². The largest absolute Gasteiger partial charge is 0.378 e. The Kier molecular flexibility index (Phi) is 5.41. The van der Waals surface area contributed by atoms with Gasteiger partial charge in [-0.05, 0) is 49.8 Å². The van der Waals surface area contributed by atoms with Crippen molar-refractivity contribution in [2.45, 2.75) is 51.6 Å². The SMILES string of the molecule is Cc1ccc(CC(=O)CCC2CCCCO2)c(Cl)c1. The van der Waals surface area contributed by atoms with Crippen LogP contribution in [-0.2, 0) is 16.0 Å². The van der Waals surface area contributed by atoms with E-state index in [2.05, 4.69) is 0 Å². The molecule has 2 rings (SSSR count). The fourth-order valence-corrected chi connectivity index (χ4v) is 2.76. The molecular formula is C16H21ClO2. The molecule has 1 aromatic carbocycles. The van der Waals surface area contributed by atoms with E-state index in [1.165, 1.54) is 6.42 Å². The van der Waals surface area contributed by atoms with Gasteiger partial charge in [0.1, 0.15) is 5.78 Å².